The van der Waals surface area contributed by atoms with Gasteiger partial charge < -0.3 is 9.80 Å². The summed E-state index contributed by atoms with van der Waals surface area (Å²) >= 11 is 0. The lowest BCUT2D eigenvalue weighted by molar-refractivity contribution is 0.386. The van der Waals surface area contributed by atoms with E-state index in [0.717, 1.165) is 30.7 Å². The summed E-state index contributed by atoms with van der Waals surface area (Å²) in [6.45, 7) is 4.50. The summed E-state index contributed by atoms with van der Waals surface area (Å²) in [5.74, 6) is 2.43. The second-order valence-electron chi connectivity index (χ2n) is 5.03. The van der Waals surface area contributed by atoms with Gasteiger partial charge in [0.05, 0.1) is 0 Å². The molecule has 2 saturated heterocycles. The highest BCUT2D eigenvalue weighted by molar-refractivity contribution is 5.40. The summed E-state index contributed by atoms with van der Waals surface area (Å²) < 4.78 is 0. The molecule has 17 heavy (non-hydrogen) atoms. The Morgan fingerprint density at radius 1 is 1.18 bits per heavy atom. The maximum Gasteiger partial charge on any atom is 0.163 e. The molecule has 2 aliphatic rings. The highest BCUT2D eigenvalue weighted by atomic mass is 15.3. The monoisotopic (exact) mass is 229 g/mol. The van der Waals surface area contributed by atoms with Crippen LogP contribution in [0.2, 0.25) is 0 Å². The fourth-order valence-electron chi connectivity index (χ4n) is 2.97. The second-order valence-corrected chi connectivity index (χ2v) is 5.03. The van der Waals surface area contributed by atoms with Gasteiger partial charge in [0.1, 0.15) is 6.07 Å². The molecule has 1 aromatic heterocycles. The minimum atomic E-state index is 0.382. The van der Waals surface area contributed by atoms with E-state index < -0.39 is 0 Å². The molecule has 0 aliphatic carbocycles. The molecule has 5 heteroatoms. The van der Waals surface area contributed by atoms with Crippen molar-refractivity contribution in [3.05, 3.63) is 17.8 Å². The van der Waals surface area contributed by atoms with Crippen LogP contribution in [0.3, 0.4) is 0 Å². The fourth-order valence-corrected chi connectivity index (χ4v) is 2.97. The first-order valence-corrected chi connectivity index (χ1v) is 5.93. The normalized spacial score (nSPS) is 28.1. The maximum absolute atomic E-state index is 8.68. The van der Waals surface area contributed by atoms with Gasteiger partial charge in [-0.15, -0.1) is 10.2 Å². The lowest BCUT2D eigenvalue weighted by Crippen LogP contribution is -2.27. The van der Waals surface area contributed by atoms with Crippen LogP contribution in [-0.4, -0.2) is 48.3 Å². The molecule has 5 nitrogen and oxygen atoms in total. The first-order valence-electron chi connectivity index (χ1n) is 5.93. The number of rotatable bonds is 1. The third-order valence-corrected chi connectivity index (χ3v) is 3.76. The minimum Gasteiger partial charge on any atom is -0.354 e. The number of likely N-dealkylation sites (tertiary alicyclic amines) is 1. The molecule has 0 bridgehead atoms. The highest BCUT2D eigenvalue weighted by Crippen LogP contribution is 2.32. The Labute approximate surface area is 101 Å². The van der Waals surface area contributed by atoms with Gasteiger partial charge in [0, 0.05) is 26.2 Å². The summed E-state index contributed by atoms with van der Waals surface area (Å²) in [7, 11) is 2.18. The van der Waals surface area contributed by atoms with Gasteiger partial charge in [0.2, 0.25) is 0 Å². The van der Waals surface area contributed by atoms with Crippen molar-refractivity contribution in [2.24, 2.45) is 11.8 Å². The van der Waals surface area contributed by atoms with Crippen molar-refractivity contribution < 1.29 is 0 Å². The van der Waals surface area contributed by atoms with Gasteiger partial charge in [-0.25, -0.2) is 0 Å². The standard InChI is InChI=1S/C12H15N5/c1-16-5-9-7-17(8-10(9)6-16)12-3-2-11(4-13)14-15-12/h2-3,9-10H,5-8H2,1H3. The van der Waals surface area contributed by atoms with Crippen LogP contribution in [0, 0.1) is 23.2 Å². The van der Waals surface area contributed by atoms with Crippen molar-refractivity contribution in [3.8, 4) is 6.07 Å². The Balaban J connectivity index is 1.73. The van der Waals surface area contributed by atoms with Crippen molar-refractivity contribution in [2.45, 2.75) is 0 Å². The van der Waals surface area contributed by atoms with E-state index >= 15 is 0 Å². The molecule has 2 unspecified atom stereocenters. The Kier molecular flexibility index (Phi) is 2.45. The Bertz CT molecular complexity index is 435. The molecule has 88 valence electrons. The Hall–Kier alpha value is -1.67. The van der Waals surface area contributed by atoms with Gasteiger partial charge in [-0.1, -0.05) is 0 Å². The van der Waals surface area contributed by atoms with Gasteiger partial charge >= 0.3 is 0 Å². The number of fused-ring (bicyclic) bond motifs is 1. The van der Waals surface area contributed by atoms with Crippen molar-refractivity contribution in [2.75, 3.05) is 38.1 Å². The van der Waals surface area contributed by atoms with Crippen LogP contribution in [-0.2, 0) is 0 Å². The second kappa shape index (κ2) is 3.97. The van der Waals surface area contributed by atoms with Crippen molar-refractivity contribution in [3.63, 3.8) is 0 Å². The predicted octanol–water partition coefficient (Wildman–Crippen LogP) is 0.346. The molecule has 2 atom stereocenters. The molecular formula is C12H15N5. The van der Waals surface area contributed by atoms with Gasteiger partial charge in [-0.2, -0.15) is 5.26 Å². The highest BCUT2D eigenvalue weighted by Gasteiger charge is 2.39. The molecule has 0 N–H and O–H groups in total. The van der Waals surface area contributed by atoms with E-state index in [0.29, 0.717) is 5.69 Å². The summed E-state index contributed by atoms with van der Waals surface area (Å²) in [6.07, 6.45) is 0. The molecule has 3 heterocycles. The Morgan fingerprint density at radius 3 is 2.41 bits per heavy atom. The molecule has 2 fully saturated rings. The Morgan fingerprint density at radius 2 is 1.88 bits per heavy atom. The molecular weight excluding hydrogens is 214 g/mol. The van der Waals surface area contributed by atoms with E-state index in [4.69, 9.17) is 5.26 Å². The van der Waals surface area contributed by atoms with E-state index in [1.54, 1.807) is 6.07 Å². The van der Waals surface area contributed by atoms with Crippen LogP contribution in [0.1, 0.15) is 5.69 Å². The average molecular weight is 229 g/mol. The third-order valence-electron chi connectivity index (χ3n) is 3.76. The number of hydrogen-bond donors (Lipinski definition) is 0. The largest absolute Gasteiger partial charge is 0.354 e. The number of hydrogen-bond acceptors (Lipinski definition) is 5. The molecule has 3 rings (SSSR count). The topological polar surface area (TPSA) is 56.0 Å². The van der Waals surface area contributed by atoms with Crippen LogP contribution in [0.4, 0.5) is 5.82 Å². The summed E-state index contributed by atoms with van der Waals surface area (Å²) in [4.78, 5) is 4.69. The van der Waals surface area contributed by atoms with E-state index in [2.05, 4.69) is 27.0 Å². The van der Waals surface area contributed by atoms with Crippen LogP contribution < -0.4 is 4.90 Å². The third kappa shape index (κ3) is 1.85. The van der Waals surface area contributed by atoms with Gasteiger partial charge in [-0.05, 0) is 31.0 Å². The zero-order valence-electron chi connectivity index (χ0n) is 9.87. The quantitative estimate of drug-likeness (QED) is 0.695. The molecule has 2 aliphatic heterocycles. The zero-order chi connectivity index (χ0) is 11.8. The van der Waals surface area contributed by atoms with E-state index in [9.17, 15) is 0 Å². The van der Waals surface area contributed by atoms with Crippen molar-refractivity contribution >= 4 is 5.82 Å². The zero-order valence-corrected chi connectivity index (χ0v) is 9.87. The molecule has 0 amide bonds. The summed E-state index contributed by atoms with van der Waals surface area (Å²) in [5, 5.41) is 16.7. The van der Waals surface area contributed by atoms with Gasteiger partial charge in [0.15, 0.2) is 11.5 Å². The lowest BCUT2D eigenvalue weighted by atomic mass is 10.0. The maximum atomic E-state index is 8.68. The molecule has 1 aromatic rings. The fraction of sp³-hybridized carbons (Fsp3) is 0.583. The first-order chi connectivity index (χ1) is 8.26. The predicted molar refractivity (Wildman–Crippen MR) is 63.4 cm³/mol. The van der Waals surface area contributed by atoms with E-state index in [1.807, 2.05) is 12.1 Å². The van der Waals surface area contributed by atoms with Crippen molar-refractivity contribution in [1.82, 2.24) is 15.1 Å². The van der Waals surface area contributed by atoms with E-state index in [-0.39, 0.29) is 0 Å². The van der Waals surface area contributed by atoms with Gasteiger partial charge in [-0.3, -0.25) is 0 Å². The number of nitrogens with zero attached hydrogens (tertiary/aromatic N) is 5. The molecule has 0 spiro atoms. The lowest BCUT2D eigenvalue weighted by Gasteiger charge is -2.19. The van der Waals surface area contributed by atoms with Crippen LogP contribution in [0.5, 0.6) is 0 Å². The minimum absolute atomic E-state index is 0.382. The number of nitriles is 1. The summed E-state index contributed by atoms with van der Waals surface area (Å²) in [6, 6.07) is 5.63. The average Bonchev–Trinajstić information content (AvgIpc) is 2.86. The van der Waals surface area contributed by atoms with Crippen LogP contribution in [0.15, 0.2) is 12.1 Å². The first kappa shape index (κ1) is 10.5. The SMILES string of the molecule is CN1CC2CN(c3ccc(C#N)nn3)CC2C1. The van der Waals surface area contributed by atoms with Gasteiger partial charge in [0.25, 0.3) is 0 Å². The molecule has 0 saturated carbocycles. The molecule has 0 aromatic carbocycles. The molecule has 0 radical (unpaired) electrons. The van der Waals surface area contributed by atoms with Crippen molar-refractivity contribution in [1.29, 1.82) is 5.26 Å². The number of anilines is 1. The van der Waals surface area contributed by atoms with E-state index in [1.165, 1.54) is 13.1 Å². The van der Waals surface area contributed by atoms with Crippen LogP contribution >= 0.6 is 0 Å². The summed E-state index contributed by atoms with van der Waals surface area (Å²) in [5.41, 5.74) is 0.382. The van der Waals surface area contributed by atoms with Crippen LogP contribution in [0.25, 0.3) is 0 Å². The smallest absolute Gasteiger partial charge is 0.163 e. The number of aromatic nitrogens is 2.